The van der Waals surface area contributed by atoms with Gasteiger partial charge < -0.3 is 10.3 Å². The molecule has 108 valence electrons. The smallest absolute Gasteiger partial charge is 0.360 e. The molecule has 2 N–H and O–H groups in total. The van der Waals surface area contributed by atoms with Gasteiger partial charge in [-0.3, -0.25) is 0 Å². The molecule has 2 aromatic rings. The van der Waals surface area contributed by atoms with E-state index in [4.69, 9.17) is 5.73 Å². The average molecular weight is 319 g/mol. The number of anilines is 2. The Balaban J connectivity index is 1.92. The van der Waals surface area contributed by atoms with Gasteiger partial charge in [-0.15, -0.1) is 0 Å². The van der Waals surface area contributed by atoms with Gasteiger partial charge in [0.2, 0.25) is 0 Å². The summed E-state index contributed by atoms with van der Waals surface area (Å²) in [6.07, 6.45) is 0. The second-order valence-electron chi connectivity index (χ2n) is 4.36. The summed E-state index contributed by atoms with van der Waals surface area (Å²) in [6.45, 7) is 0.829. The molecule has 0 saturated heterocycles. The van der Waals surface area contributed by atoms with Crippen LogP contribution in [0.25, 0.3) is 0 Å². The van der Waals surface area contributed by atoms with Crippen molar-refractivity contribution in [2.75, 3.05) is 15.8 Å². The summed E-state index contributed by atoms with van der Waals surface area (Å²) in [6, 6.07) is 10.1. The SMILES string of the molecule is Nc1cc(=NC(=O)N(S)c2ccccc2)nc2n1CCS2. The number of thioether (sulfide) groups is 1. The molecule has 0 aliphatic carbocycles. The number of benzene rings is 1. The molecule has 1 aliphatic rings. The van der Waals surface area contributed by atoms with Crippen LogP contribution in [0, 0.1) is 0 Å². The first-order valence-corrected chi connectivity index (χ1v) is 7.66. The molecule has 2 heterocycles. The first-order chi connectivity index (χ1) is 10.1. The van der Waals surface area contributed by atoms with Crippen LogP contribution in [-0.4, -0.2) is 21.3 Å². The van der Waals surface area contributed by atoms with Crippen LogP contribution in [-0.2, 0) is 6.54 Å². The Hall–Kier alpha value is -1.93. The Morgan fingerprint density at radius 3 is 2.95 bits per heavy atom. The predicted octanol–water partition coefficient (Wildman–Crippen LogP) is 1.94. The number of urea groups is 1. The van der Waals surface area contributed by atoms with Crippen LogP contribution in [0.2, 0.25) is 0 Å². The first kappa shape index (κ1) is 14.0. The maximum Gasteiger partial charge on any atom is 0.360 e. The normalized spacial score (nSPS) is 14.0. The number of thiol groups is 1. The Morgan fingerprint density at radius 1 is 1.43 bits per heavy atom. The van der Waals surface area contributed by atoms with E-state index in [0.717, 1.165) is 17.5 Å². The molecule has 21 heavy (non-hydrogen) atoms. The fourth-order valence-electron chi connectivity index (χ4n) is 1.96. The fraction of sp³-hybridized carbons (Fsp3) is 0.154. The Labute approximate surface area is 131 Å². The summed E-state index contributed by atoms with van der Waals surface area (Å²) in [5.74, 6) is 1.49. The third-order valence-corrected chi connectivity index (χ3v) is 4.33. The highest BCUT2D eigenvalue weighted by Gasteiger charge is 2.15. The van der Waals surface area contributed by atoms with Crippen LogP contribution in [0.3, 0.4) is 0 Å². The average Bonchev–Trinajstić information content (AvgIpc) is 2.96. The van der Waals surface area contributed by atoms with E-state index in [9.17, 15) is 4.79 Å². The van der Waals surface area contributed by atoms with Gasteiger partial charge in [0.05, 0.1) is 5.69 Å². The van der Waals surface area contributed by atoms with E-state index >= 15 is 0 Å². The number of hydrogen-bond acceptors (Lipinski definition) is 5. The lowest BCUT2D eigenvalue weighted by Crippen LogP contribution is -2.23. The molecule has 2 amide bonds. The number of para-hydroxylation sites is 1. The van der Waals surface area contributed by atoms with E-state index in [2.05, 4.69) is 22.8 Å². The Kier molecular flexibility index (Phi) is 3.89. The maximum absolute atomic E-state index is 12.1. The van der Waals surface area contributed by atoms with E-state index < -0.39 is 6.03 Å². The van der Waals surface area contributed by atoms with Gasteiger partial charge in [0, 0.05) is 18.4 Å². The summed E-state index contributed by atoms with van der Waals surface area (Å²) in [4.78, 5) is 20.4. The Bertz CT molecular complexity index is 744. The highest BCUT2D eigenvalue weighted by molar-refractivity contribution is 7.99. The van der Waals surface area contributed by atoms with Crippen molar-refractivity contribution in [3.05, 3.63) is 41.9 Å². The molecule has 6 nitrogen and oxygen atoms in total. The number of aromatic nitrogens is 2. The molecule has 1 aliphatic heterocycles. The molecule has 0 atom stereocenters. The predicted molar refractivity (Wildman–Crippen MR) is 86.2 cm³/mol. The standard InChI is InChI=1S/C13H13N5OS2/c14-10-8-11(16-13-17(10)6-7-21-13)15-12(19)18(20)9-4-2-1-3-5-9/h1-5,8,20H,6-7,14H2. The molecular weight excluding hydrogens is 306 g/mol. The highest BCUT2D eigenvalue weighted by atomic mass is 32.2. The number of amides is 2. The molecule has 0 fully saturated rings. The van der Waals surface area contributed by atoms with Crippen LogP contribution in [0.4, 0.5) is 16.3 Å². The lowest BCUT2D eigenvalue weighted by Gasteiger charge is -2.12. The number of nitrogens with zero attached hydrogens (tertiary/aromatic N) is 4. The van der Waals surface area contributed by atoms with Gasteiger partial charge in [0.15, 0.2) is 10.6 Å². The molecule has 8 heteroatoms. The summed E-state index contributed by atoms with van der Waals surface area (Å²) >= 11 is 5.77. The van der Waals surface area contributed by atoms with Crippen molar-refractivity contribution in [1.82, 2.24) is 9.55 Å². The van der Waals surface area contributed by atoms with Gasteiger partial charge in [0.25, 0.3) is 0 Å². The Morgan fingerprint density at radius 2 is 2.19 bits per heavy atom. The van der Waals surface area contributed by atoms with Crippen molar-refractivity contribution in [2.45, 2.75) is 11.7 Å². The molecule has 1 aromatic heterocycles. The summed E-state index contributed by atoms with van der Waals surface area (Å²) < 4.78 is 3.08. The van der Waals surface area contributed by atoms with Gasteiger partial charge in [-0.05, 0) is 12.1 Å². The van der Waals surface area contributed by atoms with E-state index in [1.54, 1.807) is 30.0 Å². The number of carbonyl (C=O) groups is 1. The monoisotopic (exact) mass is 319 g/mol. The van der Waals surface area contributed by atoms with Crippen molar-refractivity contribution in [1.29, 1.82) is 0 Å². The lowest BCUT2D eigenvalue weighted by atomic mass is 10.3. The van der Waals surface area contributed by atoms with Gasteiger partial charge >= 0.3 is 6.03 Å². The summed E-state index contributed by atoms with van der Waals surface area (Å²) in [5, 5.41) is 0.784. The summed E-state index contributed by atoms with van der Waals surface area (Å²) in [5.41, 5.74) is 6.89. The largest absolute Gasteiger partial charge is 0.385 e. The second-order valence-corrected chi connectivity index (χ2v) is 5.83. The third-order valence-electron chi connectivity index (χ3n) is 2.97. The van der Waals surface area contributed by atoms with Crippen molar-refractivity contribution in [2.24, 2.45) is 4.99 Å². The third kappa shape index (κ3) is 2.91. The minimum atomic E-state index is -0.510. The number of nitrogen functional groups attached to an aromatic ring is 1. The van der Waals surface area contributed by atoms with Crippen LogP contribution in [0.5, 0.6) is 0 Å². The number of fused-ring (bicyclic) bond motifs is 1. The van der Waals surface area contributed by atoms with Crippen LogP contribution in [0.15, 0.2) is 46.5 Å². The molecular formula is C13H13N5OS2. The molecule has 0 unspecified atom stereocenters. The lowest BCUT2D eigenvalue weighted by molar-refractivity contribution is 0.257. The topological polar surface area (TPSA) is 76.5 Å². The van der Waals surface area contributed by atoms with Crippen LogP contribution < -0.4 is 15.5 Å². The zero-order valence-electron chi connectivity index (χ0n) is 11.0. The number of hydrogen-bond donors (Lipinski definition) is 2. The van der Waals surface area contributed by atoms with Crippen molar-refractivity contribution < 1.29 is 4.79 Å². The highest BCUT2D eigenvalue weighted by Crippen LogP contribution is 2.24. The molecule has 0 bridgehead atoms. The van der Waals surface area contributed by atoms with Gasteiger partial charge in [0.1, 0.15) is 5.82 Å². The van der Waals surface area contributed by atoms with Crippen molar-refractivity contribution in [3.8, 4) is 0 Å². The maximum atomic E-state index is 12.1. The van der Waals surface area contributed by atoms with E-state index in [1.165, 1.54) is 4.31 Å². The van der Waals surface area contributed by atoms with Crippen LogP contribution in [0.1, 0.15) is 0 Å². The minimum absolute atomic E-state index is 0.299. The zero-order chi connectivity index (χ0) is 14.8. The number of carbonyl (C=O) groups excluding carboxylic acids is 1. The quantitative estimate of drug-likeness (QED) is 0.622. The number of rotatable bonds is 1. The van der Waals surface area contributed by atoms with Crippen LogP contribution >= 0.6 is 24.6 Å². The second kappa shape index (κ2) is 5.82. The minimum Gasteiger partial charge on any atom is -0.385 e. The van der Waals surface area contributed by atoms with Crippen molar-refractivity contribution >= 4 is 42.1 Å². The molecule has 0 spiro atoms. The van der Waals surface area contributed by atoms with Crippen molar-refractivity contribution in [3.63, 3.8) is 0 Å². The van der Waals surface area contributed by atoms with Gasteiger partial charge in [-0.2, -0.15) is 4.99 Å². The molecule has 0 saturated carbocycles. The van der Waals surface area contributed by atoms with Gasteiger partial charge in [-0.25, -0.2) is 14.1 Å². The van der Waals surface area contributed by atoms with E-state index in [1.807, 2.05) is 22.8 Å². The number of nitrogens with two attached hydrogens (primary N) is 1. The summed E-state index contributed by atoms with van der Waals surface area (Å²) in [7, 11) is 0. The van der Waals surface area contributed by atoms with Gasteiger partial charge in [-0.1, -0.05) is 42.8 Å². The first-order valence-electron chi connectivity index (χ1n) is 6.28. The zero-order valence-corrected chi connectivity index (χ0v) is 12.7. The van der Waals surface area contributed by atoms with E-state index in [-0.39, 0.29) is 0 Å². The van der Waals surface area contributed by atoms with E-state index in [0.29, 0.717) is 17.0 Å². The molecule has 1 aromatic carbocycles. The molecule has 0 radical (unpaired) electrons. The molecule has 3 rings (SSSR count). The fourth-order valence-corrected chi connectivity index (χ4v) is 3.10.